The Balaban J connectivity index is 2.23. The number of hydrogen-bond acceptors (Lipinski definition) is 1. The summed E-state index contributed by atoms with van der Waals surface area (Å²) in [6.07, 6.45) is 5.61. The van der Waals surface area contributed by atoms with Gasteiger partial charge >= 0.3 is 0 Å². The molecule has 1 heterocycles. The van der Waals surface area contributed by atoms with Crippen molar-refractivity contribution in [2.45, 2.75) is 0 Å². The molecule has 1 aromatic carbocycles. The Labute approximate surface area is 87.2 Å². The van der Waals surface area contributed by atoms with Crippen LogP contribution in [0.5, 0.6) is 0 Å². The number of rotatable bonds is 2. The van der Waals surface area contributed by atoms with Gasteiger partial charge in [0, 0.05) is 11.2 Å². The first-order valence-corrected chi connectivity index (χ1v) is 4.66. The van der Waals surface area contributed by atoms with Gasteiger partial charge in [0.25, 0.3) is 0 Å². The van der Waals surface area contributed by atoms with E-state index in [9.17, 15) is 0 Å². The number of nitrogens with zero attached hydrogens (tertiary/aromatic N) is 1. The van der Waals surface area contributed by atoms with Crippen molar-refractivity contribution in [3.05, 3.63) is 52.8 Å². The van der Waals surface area contributed by atoms with Crippen molar-refractivity contribution in [1.82, 2.24) is 10.2 Å². The van der Waals surface area contributed by atoms with Crippen LogP contribution in [0.2, 0.25) is 5.02 Å². The van der Waals surface area contributed by atoms with Gasteiger partial charge in [0.05, 0.1) is 5.69 Å². The summed E-state index contributed by atoms with van der Waals surface area (Å²) in [4.78, 5) is 0. The van der Waals surface area contributed by atoms with Crippen LogP contribution >= 0.6 is 11.6 Å². The van der Waals surface area contributed by atoms with Crippen LogP contribution in [-0.2, 0) is 0 Å². The number of benzene rings is 1. The van der Waals surface area contributed by atoms with Crippen molar-refractivity contribution >= 4 is 23.8 Å². The van der Waals surface area contributed by atoms with Crippen LogP contribution in [0.4, 0.5) is 0 Å². The molecule has 2 nitrogen and oxygen atoms in total. The number of nitrogens with one attached hydrogen (secondary N) is 1. The summed E-state index contributed by atoms with van der Waals surface area (Å²) in [6, 6.07) is 9.60. The molecule has 3 heteroatoms. The largest absolute Gasteiger partial charge is 0.278 e. The van der Waals surface area contributed by atoms with Gasteiger partial charge in [-0.2, -0.15) is 5.10 Å². The molecule has 2 aromatic rings. The molecule has 0 aliphatic carbocycles. The molecule has 0 aliphatic rings. The minimum atomic E-state index is 0.753. The fraction of sp³-hybridized carbons (Fsp3) is 0. The third-order valence-electron chi connectivity index (χ3n) is 1.87. The summed E-state index contributed by atoms with van der Waals surface area (Å²) in [6.45, 7) is 0. The minimum absolute atomic E-state index is 0.753. The van der Waals surface area contributed by atoms with Crippen molar-refractivity contribution in [1.29, 1.82) is 0 Å². The summed E-state index contributed by atoms with van der Waals surface area (Å²) >= 11 is 5.99. The number of hydrogen-bond donors (Lipinski definition) is 1. The first kappa shape index (κ1) is 9.03. The fourth-order valence-electron chi connectivity index (χ4n) is 1.15. The second-order valence-corrected chi connectivity index (χ2v) is 3.27. The highest BCUT2D eigenvalue weighted by Gasteiger charge is 1.93. The van der Waals surface area contributed by atoms with Crippen molar-refractivity contribution in [3.63, 3.8) is 0 Å². The molecule has 0 amide bonds. The highest BCUT2D eigenvalue weighted by Crippen LogP contribution is 2.17. The first-order valence-electron chi connectivity index (χ1n) is 4.28. The van der Waals surface area contributed by atoms with Gasteiger partial charge in [-0.05, 0) is 23.8 Å². The van der Waals surface area contributed by atoms with Crippen LogP contribution in [0, 0.1) is 0 Å². The topological polar surface area (TPSA) is 28.7 Å². The first-order chi connectivity index (χ1) is 6.86. The SMILES string of the molecule is Clc1ccccc1C=Cc1ccn[nH]1. The van der Waals surface area contributed by atoms with Crippen LogP contribution in [0.25, 0.3) is 12.2 Å². The van der Waals surface area contributed by atoms with Gasteiger partial charge in [-0.1, -0.05) is 35.9 Å². The highest BCUT2D eigenvalue weighted by atomic mass is 35.5. The Morgan fingerprint density at radius 2 is 2.00 bits per heavy atom. The average molecular weight is 205 g/mol. The van der Waals surface area contributed by atoms with Crippen LogP contribution in [-0.4, -0.2) is 10.2 Å². The predicted octanol–water partition coefficient (Wildman–Crippen LogP) is 3.23. The maximum atomic E-state index is 5.99. The predicted molar refractivity (Wildman–Crippen MR) is 59.0 cm³/mol. The number of halogens is 1. The highest BCUT2D eigenvalue weighted by molar-refractivity contribution is 6.32. The van der Waals surface area contributed by atoms with Crippen molar-refractivity contribution in [2.75, 3.05) is 0 Å². The van der Waals surface area contributed by atoms with E-state index in [1.807, 2.05) is 42.5 Å². The van der Waals surface area contributed by atoms with E-state index in [-0.39, 0.29) is 0 Å². The van der Waals surface area contributed by atoms with E-state index in [0.717, 1.165) is 16.3 Å². The molecular formula is C11H9ClN2. The Kier molecular flexibility index (Phi) is 2.65. The lowest BCUT2D eigenvalue weighted by atomic mass is 10.2. The van der Waals surface area contributed by atoms with Gasteiger partial charge < -0.3 is 0 Å². The number of H-pyrrole nitrogens is 1. The van der Waals surface area contributed by atoms with Gasteiger partial charge in [0.15, 0.2) is 0 Å². The second kappa shape index (κ2) is 4.11. The zero-order valence-electron chi connectivity index (χ0n) is 7.44. The van der Waals surface area contributed by atoms with Crippen molar-refractivity contribution in [2.24, 2.45) is 0 Å². The summed E-state index contributed by atoms with van der Waals surface area (Å²) in [5.41, 5.74) is 1.97. The van der Waals surface area contributed by atoms with Gasteiger partial charge in [0.2, 0.25) is 0 Å². The van der Waals surface area contributed by atoms with Gasteiger partial charge in [-0.15, -0.1) is 0 Å². The molecule has 2 rings (SSSR count). The molecule has 1 N–H and O–H groups in total. The Morgan fingerprint density at radius 1 is 1.14 bits per heavy atom. The molecule has 1 aromatic heterocycles. The summed E-state index contributed by atoms with van der Waals surface area (Å²) in [7, 11) is 0. The molecule has 0 saturated carbocycles. The van der Waals surface area contributed by atoms with Gasteiger partial charge in [-0.25, -0.2) is 0 Å². The van der Waals surface area contributed by atoms with E-state index >= 15 is 0 Å². The molecule has 0 saturated heterocycles. The Hall–Kier alpha value is -1.54. The van der Waals surface area contributed by atoms with Crippen molar-refractivity contribution in [3.8, 4) is 0 Å². The van der Waals surface area contributed by atoms with Gasteiger partial charge in [0.1, 0.15) is 0 Å². The molecule has 0 atom stereocenters. The molecule has 0 radical (unpaired) electrons. The molecule has 0 fully saturated rings. The fourth-order valence-corrected chi connectivity index (χ4v) is 1.35. The zero-order valence-corrected chi connectivity index (χ0v) is 8.20. The molecule has 14 heavy (non-hydrogen) atoms. The summed E-state index contributed by atoms with van der Waals surface area (Å²) in [5, 5.41) is 7.45. The molecule has 0 spiro atoms. The maximum Gasteiger partial charge on any atom is 0.0577 e. The standard InChI is InChI=1S/C11H9ClN2/c12-11-4-2-1-3-9(11)5-6-10-7-8-13-14-10/h1-8H,(H,13,14). The maximum absolute atomic E-state index is 5.99. The van der Waals surface area contributed by atoms with Crippen LogP contribution in [0.15, 0.2) is 36.5 Å². The molecule has 70 valence electrons. The smallest absolute Gasteiger partial charge is 0.0577 e. The number of aromatic amines is 1. The van der Waals surface area contributed by atoms with E-state index in [0.29, 0.717) is 0 Å². The quantitative estimate of drug-likeness (QED) is 0.800. The molecule has 0 aliphatic heterocycles. The second-order valence-electron chi connectivity index (χ2n) is 2.87. The Bertz CT molecular complexity index is 432. The lowest BCUT2D eigenvalue weighted by molar-refractivity contribution is 1.08. The van der Waals surface area contributed by atoms with E-state index in [2.05, 4.69) is 10.2 Å². The van der Waals surface area contributed by atoms with Crippen LogP contribution in [0.1, 0.15) is 11.3 Å². The van der Waals surface area contributed by atoms with E-state index in [1.54, 1.807) is 6.20 Å². The molecule has 0 unspecified atom stereocenters. The normalized spacial score (nSPS) is 10.9. The van der Waals surface area contributed by atoms with Crippen LogP contribution in [0.3, 0.4) is 0 Å². The van der Waals surface area contributed by atoms with Crippen molar-refractivity contribution < 1.29 is 0 Å². The third kappa shape index (κ3) is 2.03. The summed E-state index contributed by atoms with van der Waals surface area (Å²) in [5.74, 6) is 0. The minimum Gasteiger partial charge on any atom is -0.278 e. The lowest BCUT2D eigenvalue weighted by Gasteiger charge is -1.95. The zero-order chi connectivity index (χ0) is 9.80. The van der Waals surface area contributed by atoms with Gasteiger partial charge in [-0.3, -0.25) is 5.10 Å². The van der Waals surface area contributed by atoms with Crippen LogP contribution < -0.4 is 0 Å². The number of aromatic nitrogens is 2. The van der Waals surface area contributed by atoms with E-state index < -0.39 is 0 Å². The molecular weight excluding hydrogens is 196 g/mol. The lowest BCUT2D eigenvalue weighted by Crippen LogP contribution is -1.74. The Morgan fingerprint density at radius 3 is 2.71 bits per heavy atom. The third-order valence-corrected chi connectivity index (χ3v) is 2.21. The van der Waals surface area contributed by atoms with E-state index in [4.69, 9.17) is 11.6 Å². The average Bonchev–Trinajstić information content (AvgIpc) is 2.69. The van der Waals surface area contributed by atoms with E-state index in [1.165, 1.54) is 0 Å². The summed E-state index contributed by atoms with van der Waals surface area (Å²) < 4.78 is 0. The molecule has 0 bridgehead atoms. The monoisotopic (exact) mass is 204 g/mol.